The van der Waals surface area contributed by atoms with Gasteiger partial charge in [-0.25, -0.2) is 0 Å². The molecule has 1 unspecified atom stereocenters. The zero-order valence-corrected chi connectivity index (χ0v) is 9.60. The van der Waals surface area contributed by atoms with Crippen LogP contribution in [-0.4, -0.2) is 53.2 Å². The first kappa shape index (κ1) is 11.7. The van der Waals surface area contributed by atoms with E-state index in [2.05, 4.69) is 5.32 Å². The van der Waals surface area contributed by atoms with E-state index in [0.29, 0.717) is 18.2 Å². The molecule has 1 N–H and O–H groups in total. The highest BCUT2D eigenvalue weighted by Gasteiger charge is 2.21. The Morgan fingerprint density at radius 1 is 1.57 bits per heavy atom. The number of hydrogen-bond acceptors (Lipinski definition) is 3. The summed E-state index contributed by atoms with van der Waals surface area (Å²) in [5.74, 6) is 1.34. The average Bonchev–Trinajstić information content (AvgIpc) is 2.10. The normalized spacial score (nSPS) is 18.7. The molecule has 14 heavy (non-hydrogen) atoms. The van der Waals surface area contributed by atoms with Gasteiger partial charge in [-0.15, -0.1) is 0 Å². The van der Waals surface area contributed by atoms with Gasteiger partial charge in [-0.2, -0.15) is 0 Å². The number of nitrogens with zero attached hydrogens (tertiary/aromatic N) is 1. The second-order valence-electron chi connectivity index (χ2n) is 3.68. The van der Waals surface area contributed by atoms with Crippen molar-refractivity contribution in [1.82, 2.24) is 10.2 Å². The van der Waals surface area contributed by atoms with Crippen molar-refractivity contribution in [3.8, 4) is 0 Å². The van der Waals surface area contributed by atoms with Crippen LogP contribution in [0.5, 0.6) is 0 Å². The zero-order chi connectivity index (χ0) is 10.6. The summed E-state index contributed by atoms with van der Waals surface area (Å²) < 4.78 is 11.5. The number of amides is 1. The van der Waals surface area contributed by atoms with E-state index in [1.807, 2.05) is 6.92 Å². The van der Waals surface area contributed by atoms with Crippen molar-refractivity contribution in [2.75, 3.05) is 38.2 Å². The SMILES string of the molecule is CCN(C)C(=O)CS(=O)CC1CNC1. The lowest BCUT2D eigenvalue weighted by molar-refractivity contribution is -0.126. The van der Waals surface area contributed by atoms with Crippen molar-refractivity contribution < 1.29 is 9.00 Å². The van der Waals surface area contributed by atoms with Crippen molar-refractivity contribution in [1.29, 1.82) is 0 Å². The fourth-order valence-corrected chi connectivity index (χ4v) is 2.59. The van der Waals surface area contributed by atoms with Crippen LogP contribution in [-0.2, 0) is 15.6 Å². The van der Waals surface area contributed by atoms with E-state index >= 15 is 0 Å². The summed E-state index contributed by atoms with van der Waals surface area (Å²) in [6.07, 6.45) is 0. The smallest absolute Gasteiger partial charge is 0.234 e. The summed E-state index contributed by atoms with van der Waals surface area (Å²) in [4.78, 5) is 13.0. The summed E-state index contributed by atoms with van der Waals surface area (Å²) in [6.45, 7) is 4.49. The summed E-state index contributed by atoms with van der Waals surface area (Å²) in [5, 5.41) is 3.12. The van der Waals surface area contributed by atoms with Crippen LogP contribution in [0.1, 0.15) is 6.92 Å². The molecule has 0 bridgehead atoms. The van der Waals surface area contributed by atoms with Gasteiger partial charge in [-0.1, -0.05) is 0 Å². The molecule has 5 heteroatoms. The summed E-state index contributed by atoms with van der Waals surface area (Å²) in [5.41, 5.74) is 0. The predicted octanol–water partition coefficient (Wildman–Crippen LogP) is -0.567. The fraction of sp³-hybridized carbons (Fsp3) is 0.889. The van der Waals surface area contributed by atoms with Crippen molar-refractivity contribution in [2.45, 2.75) is 6.92 Å². The quantitative estimate of drug-likeness (QED) is 0.672. The Morgan fingerprint density at radius 3 is 2.64 bits per heavy atom. The second-order valence-corrected chi connectivity index (χ2v) is 5.18. The molecule has 4 nitrogen and oxygen atoms in total. The number of carbonyl (C=O) groups is 1. The average molecular weight is 218 g/mol. The van der Waals surface area contributed by atoms with Crippen molar-refractivity contribution >= 4 is 16.7 Å². The zero-order valence-electron chi connectivity index (χ0n) is 8.78. The third-order valence-corrected chi connectivity index (χ3v) is 3.88. The molecule has 1 saturated heterocycles. The van der Waals surface area contributed by atoms with Gasteiger partial charge in [0, 0.05) is 43.2 Å². The third kappa shape index (κ3) is 3.38. The minimum absolute atomic E-state index is 0.0156. The molecule has 0 radical (unpaired) electrons. The van der Waals surface area contributed by atoms with Crippen LogP contribution in [0.25, 0.3) is 0 Å². The molecule has 0 aliphatic carbocycles. The maximum Gasteiger partial charge on any atom is 0.234 e. The molecule has 0 aromatic rings. The maximum absolute atomic E-state index is 11.5. The number of nitrogens with one attached hydrogen (secondary N) is 1. The van der Waals surface area contributed by atoms with E-state index in [1.165, 1.54) is 0 Å². The first-order valence-corrected chi connectivity index (χ1v) is 6.42. The van der Waals surface area contributed by atoms with Gasteiger partial charge in [0.2, 0.25) is 5.91 Å². The van der Waals surface area contributed by atoms with Crippen LogP contribution in [0.2, 0.25) is 0 Å². The minimum Gasteiger partial charge on any atom is -0.345 e. The van der Waals surface area contributed by atoms with E-state index in [9.17, 15) is 9.00 Å². The molecule has 0 aromatic heterocycles. The highest BCUT2D eigenvalue weighted by Crippen LogP contribution is 2.05. The molecule has 0 saturated carbocycles. The Kier molecular flexibility index (Phi) is 4.54. The lowest BCUT2D eigenvalue weighted by Crippen LogP contribution is -2.45. The Bertz CT molecular complexity index is 229. The largest absolute Gasteiger partial charge is 0.345 e. The van der Waals surface area contributed by atoms with E-state index in [4.69, 9.17) is 0 Å². The molecule has 1 fully saturated rings. The van der Waals surface area contributed by atoms with Crippen LogP contribution in [0.3, 0.4) is 0 Å². The van der Waals surface area contributed by atoms with Crippen LogP contribution >= 0.6 is 0 Å². The fourth-order valence-electron chi connectivity index (χ4n) is 1.21. The second kappa shape index (κ2) is 5.46. The highest BCUT2D eigenvalue weighted by atomic mass is 32.2. The molecule has 1 amide bonds. The third-order valence-electron chi connectivity index (χ3n) is 2.47. The molecule has 1 aliphatic heterocycles. The molecule has 0 spiro atoms. The molecular formula is C9H18N2O2S. The van der Waals surface area contributed by atoms with Gasteiger partial charge < -0.3 is 10.2 Å². The predicted molar refractivity (Wildman–Crippen MR) is 57.5 cm³/mol. The first-order valence-electron chi connectivity index (χ1n) is 4.93. The Balaban J connectivity index is 2.21. The van der Waals surface area contributed by atoms with Gasteiger partial charge in [-0.3, -0.25) is 9.00 Å². The van der Waals surface area contributed by atoms with Crippen LogP contribution in [0, 0.1) is 5.92 Å². The Labute approximate surface area is 87.5 Å². The number of carbonyl (C=O) groups excluding carboxylic acids is 1. The van der Waals surface area contributed by atoms with Gasteiger partial charge in [0.1, 0.15) is 5.75 Å². The number of rotatable bonds is 5. The van der Waals surface area contributed by atoms with E-state index < -0.39 is 10.8 Å². The van der Waals surface area contributed by atoms with E-state index in [-0.39, 0.29) is 11.7 Å². The lowest BCUT2D eigenvalue weighted by atomic mass is 10.1. The molecule has 1 heterocycles. The Morgan fingerprint density at radius 2 is 2.21 bits per heavy atom. The van der Waals surface area contributed by atoms with Crippen molar-refractivity contribution in [3.63, 3.8) is 0 Å². The maximum atomic E-state index is 11.5. The van der Waals surface area contributed by atoms with Gasteiger partial charge >= 0.3 is 0 Å². The van der Waals surface area contributed by atoms with E-state index in [0.717, 1.165) is 13.1 Å². The van der Waals surface area contributed by atoms with Crippen LogP contribution in [0.15, 0.2) is 0 Å². The van der Waals surface area contributed by atoms with Gasteiger partial charge in [0.15, 0.2) is 0 Å². The Hall–Kier alpha value is -0.420. The summed E-state index contributed by atoms with van der Waals surface area (Å²) in [7, 11) is 0.758. The molecule has 0 aromatic carbocycles. The van der Waals surface area contributed by atoms with Gasteiger partial charge in [0.05, 0.1) is 0 Å². The van der Waals surface area contributed by atoms with Crippen molar-refractivity contribution in [3.05, 3.63) is 0 Å². The number of hydrogen-bond donors (Lipinski definition) is 1. The van der Waals surface area contributed by atoms with Gasteiger partial charge in [0.25, 0.3) is 0 Å². The van der Waals surface area contributed by atoms with Crippen LogP contribution in [0.4, 0.5) is 0 Å². The topological polar surface area (TPSA) is 49.4 Å². The minimum atomic E-state index is -0.982. The van der Waals surface area contributed by atoms with Gasteiger partial charge in [-0.05, 0) is 12.8 Å². The standard InChI is InChI=1S/C9H18N2O2S/c1-3-11(2)9(12)7-14(13)6-8-4-10-5-8/h8,10H,3-7H2,1-2H3. The summed E-state index contributed by atoms with van der Waals surface area (Å²) in [6, 6.07) is 0. The highest BCUT2D eigenvalue weighted by molar-refractivity contribution is 7.85. The lowest BCUT2D eigenvalue weighted by Gasteiger charge is -2.26. The van der Waals surface area contributed by atoms with E-state index in [1.54, 1.807) is 11.9 Å². The molecular weight excluding hydrogens is 200 g/mol. The monoisotopic (exact) mass is 218 g/mol. The molecule has 82 valence electrons. The molecule has 1 aliphatic rings. The van der Waals surface area contributed by atoms with Crippen molar-refractivity contribution in [2.24, 2.45) is 5.92 Å². The van der Waals surface area contributed by atoms with Crippen LogP contribution < -0.4 is 5.32 Å². The summed E-state index contributed by atoms with van der Waals surface area (Å²) >= 11 is 0. The molecule has 1 atom stereocenters. The molecule has 1 rings (SSSR count). The first-order chi connectivity index (χ1) is 6.63.